The Hall–Kier alpha value is -8.14. The van der Waals surface area contributed by atoms with Crippen molar-refractivity contribution in [2.75, 3.05) is 4.90 Å². The number of furan rings is 1. The molecule has 0 radical (unpaired) electrons. The van der Waals surface area contributed by atoms with Gasteiger partial charge in [-0.05, 0) is 105 Å². The van der Waals surface area contributed by atoms with E-state index in [0.29, 0.717) is 0 Å². The van der Waals surface area contributed by atoms with Crippen LogP contribution in [-0.4, -0.2) is 4.57 Å². The number of hydrogen-bond acceptors (Lipinski definition) is 2. The van der Waals surface area contributed by atoms with E-state index in [1.165, 1.54) is 60.4 Å². The number of rotatable bonds is 7. The molecule has 0 amide bonds. The summed E-state index contributed by atoms with van der Waals surface area (Å²) in [6, 6.07) is 82.9. The van der Waals surface area contributed by atoms with Crippen molar-refractivity contribution in [2.45, 2.75) is 0 Å². The van der Waals surface area contributed by atoms with E-state index in [1.54, 1.807) is 0 Å². The highest BCUT2D eigenvalue weighted by molar-refractivity contribution is 6.25. The Labute approximate surface area is 353 Å². The molecule has 0 saturated carbocycles. The smallest absolute Gasteiger partial charge is 0.137 e. The minimum Gasteiger partial charge on any atom is -0.456 e. The summed E-state index contributed by atoms with van der Waals surface area (Å²) in [5, 5.41) is 7.20. The lowest BCUT2D eigenvalue weighted by Crippen LogP contribution is -2.10. The van der Waals surface area contributed by atoms with Gasteiger partial charge in [0.1, 0.15) is 11.2 Å². The van der Waals surface area contributed by atoms with E-state index in [-0.39, 0.29) is 0 Å². The third-order valence-electron chi connectivity index (χ3n) is 12.2. The summed E-state index contributed by atoms with van der Waals surface area (Å²) >= 11 is 0. The van der Waals surface area contributed by atoms with Crippen molar-refractivity contribution in [1.29, 1.82) is 0 Å². The molecule has 10 aromatic carbocycles. The summed E-state index contributed by atoms with van der Waals surface area (Å²) < 4.78 is 8.90. The number of para-hydroxylation sites is 1. The molecule has 0 N–H and O–H groups in total. The highest BCUT2D eigenvalue weighted by Gasteiger charge is 2.21. The van der Waals surface area contributed by atoms with Crippen molar-refractivity contribution in [3.05, 3.63) is 231 Å². The fraction of sp³-hybridized carbons (Fsp3) is 0. The molecule has 12 aromatic rings. The number of nitrogens with zero attached hydrogens (tertiary/aromatic N) is 2. The van der Waals surface area contributed by atoms with Gasteiger partial charge in [-0.25, -0.2) is 0 Å². The molecule has 0 aliphatic rings. The van der Waals surface area contributed by atoms with Gasteiger partial charge in [0, 0.05) is 50.4 Å². The van der Waals surface area contributed by atoms with Gasteiger partial charge < -0.3 is 13.9 Å². The standard InChI is InChI=1S/C58H38N2O/c1-3-13-39(14-4-1)41-25-27-44(28-26-41)50-22-12-23-53-57(50)58-49-20-8-7-17-43(49)31-36-54(58)60(53)47-19-11-18-46(37-47)59(45-32-29-42(30-33-45)40-15-5-2-6-16-40)48-34-35-52-51-21-9-10-24-55(51)61-56(52)38-48/h1-38H. The zero-order chi connectivity index (χ0) is 40.3. The first kappa shape index (κ1) is 34.9. The van der Waals surface area contributed by atoms with Crippen LogP contribution in [0.15, 0.2) is 235 Å². The van der Waals surface area contributed by atoms with Crippen LogP contribution in [0.25, 0.3) is 93.6 Å². The normalized spacial score (nSPS) is 11.6. The lowest BCUT2D eigenvalue weighted by Gasteiger charge is -2.26. The maximum atomic E-state index is 6.45. The van der Waals surface area contributed by atoms with Gasteiger partial charge in [-0.15, -0.1) is 0 Å². The van der Waals surface area contributed by atoms with Gasteiger partial charge in [0.2, 0.25) is 0 Å². The number of benzene rings is 10. The van der Waals surface area contributed by atoms with Crippen molar-refractivity contribution in [3.8, 4) is 39.1 Å². The minimum atomic E-state index is 0.861. The fourth-order valence-electron chi connectivity index (χ4n) is 9.33. The van der Waals surface area contributed by atoms with Crippen molar-refractivity contribution < 1.29 is 4.42 Å². The van der Waals surface area contributed by atoms with Crippen molar-refractivity contribution >= 4 is 71.6 Å². The molecular weight excluding hydrogens is 741 g/mol. The largest absolute Gasteiger partial charge is 0.456 e. The maximum absolute atomic E-state index is 6.45. The number of fused-ring (bicyclic) bond motifs is 8. The molecule has 12 rings (SSSR count). The summed E-state index contributed by atoms with van der Waals surface area (Å²) in [4.78, 5) is 2.34. The predicted molar refractivity (Wildman–Crippen MR) is 257 cm³/mol. The van der Waals surface area contributed by atoms with Crippen LogP contribution >= 0.6 is 0 Å². The summed E-state index contributed by atoms with van der Waals surface area (Å²) in [6.45, 7) is 0. The van der Waals surface area contributed by atoms with E-state index in [2.05, 4.69) is 228 Å². The van der Waals surface area contributed by atoms with Crippen LogP contribution in [0.5, 0.6) is 0 Å². The van der Waals surface area contributed by atoms with Crippen LogP contribution in [0.3, 0.4) is 0 Å². The highest BCUT2D eigenvalue weighted by Crippen LogP contribution is 2.44. The van der Waals surface area contributed by atoms with Gasteiger partial charge in [0.15, 0.2) is 0 Å². The lowest BCUT2D eigenvalue weighted by atomic mass is 9.95. The topological polar surface area (TPSA) is 21.3 Å². The van der Waals surface area contributed by atoms with E-state index in [4.69, 9.17) is 4.42 Å². The molecule has 0 atom stereocenters. The molecule has 61 heavy (non-hydrogen) atoms. The second-order valence-electron chi connectivity index (χ2n) is 15.7. The molecule has 0 bridgehead atoms. The average Bonchev–Trinajstić information content (AvgIpc) is 3.88. The maximum Gasteiger partial charge on any atom is 0.137 e. The van der Waals surface area contributed by atoms with Crippen molar-refractivity contribution in [3.63, 3.8) is 0 Å². The van der Waals surface area contributed by atoms with Gasteiger partial charge in [-0.3, -0.25) is 0 Å². The molecule has 3 nitrogen and oxygen atoms in total. The Balaban J connectivity index is 1.05. The van der Waals surface area contributed by atoms with Crippen LogP contribution < -0.4 is 4.90 Å². The second kappa shape index (κ2) is 14.3. The van der Waals surface area contributed by atoms with Gasteiger partial charge >= 0.3 is 0 Å². The van der Waals surface area contributed by atoms with Crippen LogP contribution in [0, 0.1) is 0 Å². The molecule has 0 saturated heterocycles. The molecular formula is C58H38N2O. The van der Waals surface area contributed by atoms with E-state index in [1.807, 2.05) is 12.1 Å². The van der Waals surface area contributed by atoms with Gasteiger partial charge in [-0.1, -0.05) is 164 Å². The molecule has 0 fully saturated rings. The fourth-order valence-corrected chi connectivity index (χ4v) is 9.33. The Kier molecular flexibility index (Phi) is 8.17. The summed E-state index contributed by atoms with van der Waals surface area (Å²) in [5.74, 6) is 0. The molecule has 3 heteroatoms. The lowest BCUT2D eigenvalue weighted by molar-refractivity contribution is 0.669. The number of aromatic nitrogens is 1. The van der Waals surface area contributed by atoms with Crippen LogP contribution in [0.2, 0.25) is 0 Å². The second-order valence-corrected chi connectivity index (χ2v) is 15.7. The zero-order valence-corrected chi connectivity index (χ0v) is 33.2. The SMILES string of the molecule is c1ccc(-c2ccc(-c3cccc4c3c3c5ccccc5ccc3n4-c3cccc(N(c4ccc(-c5ccccc5)cc4)c4ccc5c(c4)oc4ccccc45)c3)cc2)cc1. The monoisotopic (exact) mass is 778 g/mol. The Morgan fingerprint density at radius 1 is 0.328 bits per heavy atom. The third kappa shape index (κ3) is 5.90. The van der Waals surface area contributed by atoms with E-state index >= 15 is 0 Å². The molecule has 0 aliphatic carbocycles. The number of hydrogen-bond donors (Lipinski definition) is 0. The first-order valence-electron chi connectivity index (χ1n) is 20.8. The van der Waals surface area contributed by atoms with Crippen LogP contribution in [0.4, 0.5) is 17.1 Å². The van der Waals surface area contributed by atoms with Crippen molar-refractivity contribution in [1.82, 2.24) is 4.57 Å². The highest BCUT2D eigenvalue weighted by atomic mass is 16.3. The average molecular weight is 779 g/mol. The summed E-state index contributed by atoms with van der Waals surface area (Å²) in [5.41, 5.74) is 15.5. The Morgan fingerprint density at radius 3 is 1.67 bits per heavy atom. The van der Waals surface area contributed by atoms with E-state index < -0.39 is 0 Å². The summed E-state index contributed by atoms with van der Waals surface area (Å²) in [7, 11) is 0. The molecule has 2 heterocycles. The van der Waals surface area contributed by atoms with E-state index in [0.717, 1.165) is 50.2 Å². The molecule has 0 unspecified atom stereocenters. The Morgan fingerprint density at radius 2 is 0.902 bits per heavy atom. The van der Waals surface area contributed by atoms with Gasteiger partial charge in [0.05, 0.1) is 11.0 Å². The van der Waals surface area contributed by atoms with Crippen LogP contribution in [0.1, 0.15) is 0 Å². The molecule has 2 aromatic heterocycles. The minimum absolute atomic E-state index is 0.861. The summed E-state index contributed by atoms with van der Waals surface area (Å²) in [6.07, 6.45) is 0. The van der Waals surface area contributed by atoms with Crippen LogP contribution in [-0.2, 0) is 0 Å². The zero-order valence-electron chi connectivity index (χ0n) is 33.2. The molecule has 0 spiro atoms. The first-order valence-corrected chi connectivity index (χ1v) is 20.8. The Bertz CT molecular complexity index is 3560. The van der Waals surface area contributed by atoms with Crippen molar-refractivity contribution in [2.24, 2.45) is 0 Å². The number of anilines is 3. The van der Waals surface area contributed by atoms with E-state index in [9.17, 15) is 0 Å². The molecule has 286 valence electrons. The van der Waals surface area contributed by atoms with Gasteiger partial charge in [-0.2, -0.15) is 0 Å². The third-order valence-corrected chi connectivity index (χ3v) is 12.2. The van der Waals surface area contributed by atoms with Gasteiger partial charge in [0.25, 0.3) is 0 Å². The quantitative estimate of drug-likeness (QED) is 0.161. The molecule has 0 aliphatic heterocycles. The predicted octanol–water partition coefficient (Wildman–Crippen LogP) is 16.3. The first-order chi connectivity index (χ1) is 30.2.